The van der Waals surface area contributed by atoms with Crippen molar-refractivity contribution >= 4 is 52.1 Å². The molecule has 1 aromatic heterocycles. The van der Waals surface area contributed by atoms with E-state index in [9.17, 15) is 4.79 Å². The van der Waals surface area contributed by atoms with Crippen LogP contribution in [0.25, 0.3) is 0 Å². The first kappa shape index (κ1) is 20.5. The normalized spacial score (nSPS) is 11.7. The predicted octanol–water partition coefficient (Wildman–Crippen LogP) is 6.06. The summed E-state index contributed by atoms with van der Waals surface area (Å²) in [4.78, 5) is 18.0. The van der Waals surface area contributed by atoms with Crippen LogP contribution in [0.15, 0.2) is 67.0 Å². The van der Waals surface area contributed by atoms with Crippen LogP contribution in [0.3, 0.4) is 0 Å². The minimum Gasteiger partial charge on any atom is -0.348 e. The predicted molar refractivity (Wildman–Crippen MR) is 116 cm³/mol. The number of nitrogens with zero attached hydrogens (tertiary/aromatic N) is 2. The van der Waals surface area contributed by atoms with Gasteiger partial charge in [0.25, 0.3) is 0 Å². The van der Waals surface area contributed by atoms with Gasteiger partial charge in [-0.25, -0.2) is 0 Å². The third-order valence-electron chi connectivity index (χ3n) is 4.22. The quantitative estimate of drug-likeness (QED) is 0.513. The molecule has 144 valence electrons. The van der Waals surface area contributed by atoms with Crippen LogP contribution in [-0.2, 0) is 4.79 Å². The number of pyridine rings is 1. The smallest absolute Gasteiger partial charge is 0.217 e. The van der Waals surface area contributed by atoms with Crippen LogP contribution in [0.2, 0.25) is 15.1 Å². The SMILES string of the molecule is CC(=O)NC(CN(c1ccncc1)c1cccc(Cl)c1Cl)c1ccccc1Cl. The Kier molecular flexibility index (Phi) is 6.79. The number of carbonyl (C=O) groups excluding carboxylic acids is 1. The zero-order valence-corrected chi connectivity index (χ0v) is 17.3. The van der Waals surface area contributed by atoms with Gasteiger partial charge >= 0.3 is 0 Å². The van der Waals surface area contributed by atoms with Crippen molar-refractivity contribution in [2.75, 3.05) is 11.4 Å². The van der Waals surface area contributed by atoms with Crippen LogP contribution in [0.5, 0.6) is 0 Å². The van der Waals surface area contributed by atoms with Crippen molar-refractivity contribution in [3.05, 3.63) is 87.6 Å². The molecule has 2 aromatic carbocycles. The lowest BCUT2D eigenvalue weighted by atomic mass is 10.1. The Bertz CT molecular complexity index is 966. The van der Waals surface area contributed by atoms with Gasteiger partial charge in [0.05, 0.1) is 21.8 Å². The lowest BCUT2D eigenvalue weighted by molar-refractivity contribution is -0.119. The lowest BCUT2D eigenvalue weighted by Crippen LogP contribution is -2.35. The molecule has 28 heavy (non-hydrogen) atoms. The Balaban J connectivity index is 2.07. The summed E-state index contributed by atoms with van der Waals surface area (Å²) in [5, 5.41) is 4.44. The van der Waals surface area contributed by atoms with E-state index in [4.69, 9.17) is 34.8 Å². The van der Waals surface area contributed by atoms with E-state index >= 15 is 0 Å². The Morgan fingerprint density at radius 3 is 2.36 bits per heavy atom. The van der Waals surface area contributed by atoms with Gasteiger partial charge in [-0.2, -0.15) is 0 Å². The van der Waals surface area contributed by atoms with Crippen molar-refractivity contribution < 1.29 is 4.79 Å². The maximum atomic E-state index is 11.9. The molecule has 1 unspecified atom stereocenters. The van der Waals surface area contributed by atoms with Crippen LogP contribution >= 0.6 is 34.8 Å². The van der Waals surface area contributed by atoms with Gasteiger partial charge < -0.3 is 10.2 Å². The van der Waals surface area contributed by atoms with E-state index in [1.165, 1.54) is 6.92 Å². The molecule has 3 rings (SSSR count). The van der Waals surface area contributed by atoms with E-state index in [0.717, 1.165) is 16.9 Å². The number of hydrogen-bond donors (Lipinski definition) is 1. The molecule has 0 aliphatic heterocycles. The van der Waals surface area contributed by atoms with Crippen molar-refractivity contribution in [2.24, 2.45) is 0 Å². The van der Waals surface area contributed by atoms with Crippen molar-refractivity contribution in [3.8, 4) is 0 Å². The summed E-state index contributed by atoms with van der Waals surface area (Å²) < 4.78 is 0. The van der Waals surface area contributed by atoms with Gasteiger partial charge in [-0.05, 0) is 35.9 Å². The van der Waals surface area contributed by atoms with Crippen LogP contribution in [0.4, 0.5) is 11.4 Å². The van der Waals surface area contributed by atoms with Crippen molar-refractivity contribution in [2.45, 2.75) is 13.0 Å². The number of rotatable bonds is 6. The van der Waals surface area contributed by atoms with Crippen LogP contribution in [0.1, 0.15) is 18.5 Å². The summed E-state index contributed by atoms with van der Waals surface area (Å²) in [6.07, 6.45) is 3.40. The van der Waals surface area contributed by atoms with Crippen molar-refractivity contribution in [1.82, 2.24) is 10.3 Å². The minimum atomic E-state index is -0.366. The highest BCUT2D eigenvalue weighted by Gasteiger charge is 2.23. The molecule has 1 amide bonds. The highest BCUT2D eigenvalue weighted by Crippen LogP contribution is 2.38. The second kappa shape index (κ2) is 9.28. The highest BCUT2D eigenvalue weighted by molar-refractivity contribution is 6.43. The maximum Gasteiger partial charge on any atom is 0.217 e. The fourth-order valence-corrected chi connectivity index (χ4v) is 3.64. The fourth-order valence-electron chi connectivity index (χ4n) is 2.98. The van der Waals surface area contributed by atoms with Crippen molar-refractivity contribution in [1.29, 1.82) is 0 Å². The Morgan fingerprint density at radius 2 is 1.68 bits per heavy atom. The first-order valence-electron chi connectivity index (χ1n) is 8.60. The standard InChI is InChI=1S/C21H18Cl3N3O/c1-14(28)26-19(16-5-2-3-6-17(16)22)13-27(15-9-11-25-12-10-15)20-8-4-7-18(23)21(20)24/h2-12,19H,13H2,1H3,(H,26,28). The number of hydrogen-bond acceptors (Lipinski definition) is 3. The molecule has 0 bridgehead atoms. The molecular weight excluding hydrogens is 417 g/mol. The third-order valence-corrected chi connectivity index (χ3v) is 5.37. The highest BCUT2D eigenvalue weighted by atomic mass is 35.5. The molecule has 0 aliphatic carbocycles. The number of benzene rings is 2. The van der Waals surface area contributed by atoms with E-state index in [1.807, 2.05) is 47.4 Å². The third kappa shape index (κ3) is 4.76. The van der Waals surface area contributed by atoms with Gasteiger partial charge in [0.2, 0.25) is 5.91 Å². The number of anilines is 2. The van der Waals surface area contributed by atoms with E-state index in [1.54, 1.807) is 24.5 Å². The maximum absolute atomic E-state index is 11.9. The molecule has 0 saturated heterocycles. The zero-order valence-electron chi connectivity index (χ0n) is 15.1. The number of carbonyl (C=O) groups is 1. The van der Waals surface area contributed by atoms with Gasteiger partial charge in [-0.1, -0.05) is 59.1 Å². The number of nitrogens with one attached hydrogen (secondary N) is 1. The monoisotopic (exact) mass is 433 g/mol. The molecule has 1 heterocycles. The Labute approximate surface area is 179 Å². The molecule has 4 nitrogen and oxygen atoms in total. The molecule has 0 spiro atoms. The van der Waals surface area contributed by atoms with Gasteiger partial charge in [-0.3, -0.25) is 9.78 Å². The number of aromatic nitrogens is 1. The van der Waals surface area contributed by atoms with Gasteiger partial charge in [-0.15, -0.1) is 0 Å². The van der Waals surface area contributed by atoms with Crippen LogP contribution in [-0.4, -0.2) is 17.4 Å². The summed E-state index contributed by atoms with van der Waals surface area (Å²) in [7, 11) is 0. The first-order chi connectivity index (χ1) is 13.5. The van der Waals surface area contributed by atoms with Gasteiger partial charge in [0.1, 0.15) is 0 Å². The summed E-state index contributed by atoms with van der Waals surface area (Å²) in [6, 6.07) is 16.3. The molecule has 0 radical (unpaired) electrons. The topological polar surface area (TPSA) is 45.2 Å². The lowest BCUT2D eigenvalue weighted by Gasteiger charge is -2.31. The Hall–Kier alpha value is -2.27. The van der Waals surface area contributed by atoms with Crippen LogP contribution in [0, 0.1) is 0 Å². The van der Waals surface area contributed by atoms with E-state index in [2.05, 4.69) is 10.3 Å². The average molecular weight is 435 g/mol. The minimum absolute atomic E-state index is 0.156. The zero-order chi connectivity index (χ0) is 20.1. The summed E-state index contributed by atoms with van der Waals surface area (Å²) in [6.45, 7) is 1.88. The van der Waals surface area contributed by atoms with Gasteiger partial charge in [0.15, 0.2) is 0 Å². The van der Waals surface area contributed by atoms with E-state index in [0.29, 0.717) is 21.6 Å². The molecule has 1 atom stereocenters. The second-order valence-electron chi connectivity index (χ2n) is 6.16. The van der Waals surface area contributed by atoms with Gasteiger partial charge in [0, 0.05) is 36.6 Å². The summed E-state index contributed by atoms with van der Waals surface area (Å²) >= 11 is 19.2. The number of halogens is 3. The Morgan fingerprint density at radius 1 is 1.00 bits per heavy atom. The van der Waals surface area contributed by atoms with Crippen molar-refractivity contribution in [3.63, 3.8) is 0 Å². The molecule has 0 saturated carbocycles. The summed E-state index contributed by atoms with van der Waals surface area (Å²) in [5.74, 6) is -0.156. The van der Waals surface area contributed by atoms with E-state index in [-0.39, 0.29) is 11.9 Å². The molecular formula is C21H18Cl3N3O. The molecule has 0 fully saturated rings. The first-order valence-corrected chi connectivity index (χ1v) is 9.74. The largest absolute Gasteiger partial charge is 0.348 e. The van der Waals surface area contributed by atoms with E-state index < -0.39 is 0 Å². The summed E-state index contributed by atoms with van der Waals surface area (Å²) in [5.41, 5.74) is 2.40. The second-order valence-corrected chi connectivity index (χ2v) is 7.36. The molecule has 1 N–H and O–H groups in total. The average Bonchev–Trinajstić information content (AvgIpc) is 2.68. The number of amides is 1. The van der Waals surface area contributed by atoms with Crippen LogP contribution < -0.4 is 10.2 Å². The molecule has 3 aromatic rings. The fraction of sp³-hybridized carbons (Fsp3) is 0.143. The molecule has 7 heteroatoms. The molecule has 0 aliphatic rings.